The molecule has 0 unspecified atom stereocenters. The van der Waals surface area contributed by atoms with Crippen LogP contribution in [0.4, 0.5) is 0 Å². The lowest BCUT2D eigenvalue weighted by Crippen LogP contribution is -1.95. The molecule has 0 radical (unpaired) electrons. The summed E-state index contributed by atoms with van der Waals surface area (Å²) in [6.45, 7) is 3.65. The first-order valence-corrected chi connectivity index (χ1v) is 6.21. The Morgan fingerprint density at radius 1 is 1.18 bits per heavy atom. The second kappa shape index (κ2) is 7.07. The first-order valence-electron chi connectivity index (χ1n) is 5.41. The molecule has 0 aromatic heterocycles. The summed E-state index contributed by atoms with van der Waals surface area (Å²) in [5.41, 5.74) is 0. The van der Waals surface area contributed by atoms with Crippen LogP contribution in [0.1, 0.15) is 13.8 Å². The maximum absolute atomic E-state index is 9.82. The molecule has 0 N–H and O–H groups in total. The minimum atomic E-state index is -0.211. The standard InChI is InChI=1S/C10H7Br.C4H8O2/c11-10-7-3-5-8-4-1-2-6-9(8)10;1-3-6-4(2)5/h1-7H;3H2,1-2H3. The van der Waals surface area contributed by atoms with Gasteiger partial charge in [-0.3, -0.25) is 4.79 Å². The molecule has 2 rings (SSSR count). The Balaban J connectivity index is 0.000000209. The minimum Gasteiger partial charge on any atom is -0.466 e. The first kappa shape index (κ1) is 13.7. The predicted molar refractivity (Wildman–Crippen MR) is 74.0 cm³/mol. The van der Waals surface area contributed by atoms with Crippen LogP contribution >= 0.6 is 15.9 Å². The van der Waals surface area contributed by atoms with Crippen LogP contribution in [0, 0.1) is 0 Å². The lowest BCUT2D eigenvalue weighted by Gasteiger charge is -1.97. The number of carbonyl (C=O) groups is 1. The molecule has 3 heteroatoms. The topological polar surface area (TPSA) is 26.3 Å². The molecule has 0 aliphatic carbocycles. The zero-order valence-electron chi connectivity index (χ0n) is 9.94. The highest BCUT2D eigenvalue weighted by atomic mass is 79.9. The van der Waals surface area contributed by atoms with Gasteiger partial charge < -0.3 is 4.74 Å². The van der Waals surface area contributed by atoms with Crippen molar-refractivity contribution in [2.75, 3.05) is 6.61 Å². The molecule has 0 spiro atoms. The highest BCUT2D eigenvalue weighted by Gasteiger charge is 1.93. The van der Waals surface area contributed by atoms with Gasteiger partial charge in [0.25, 0.3) is 0 Å². The summed E-state index contributed by atoms with van der Waals surface area (Å²) in [6.07, 6.45) is 0. The van der Waals surface area contributed by atoms with Crippen molar-refractivity contribution in [2.24, 2.45) is 0 Å². The van der Waals surface area contributed by atoms with Crippen molar-refractivity contribution in [3.8, 4) is 0 Å². The van der Waals surface area contributed by atoms with Crippen LogP contribution in [-0.2, 0) is 9.53 Å². The van der Waals surface area contributed by atoms with Crippen LogP contribution in [-0.4, -0.2) is 12.6 Å². The van der Waals surface area contributed by atoms with Crippen LogP contribution in [0.25, 0.3) is 10.8 Å². The Hall–Kier alpha value is -1.35. The molecule has 2 nitrogen and oxygen atoms in total. The molecule has 90 valence electrons. The molecule has 0 saturated heterocycles. The lowest BCUT2D eigenvalue weighted by molar-refractivity contribution is -0.140. The number of carbonyl (C=O) groups excluding carboxylic acids is 1. The molecule has 2 aromatic carbocycles. The van der Waals surface area contributed by atoms with Crippen LogP contribution in [0.3, 0.4) is 0 Å². The third kappa shape index (κ3) is 4.57. The average molecular weight is 295 g/mol. The maximum atomic E-state index is 9.82. The van der Waals surface area contributed by atoms with Crippen molar-refractivity contribution in [3.05, 3.63) is 46.9 Å². The summed E-state index contributed by atoms with van der Waals surface area (Å²) in [5, 5.41) is 2.55. The molecule has 0 saturated carbocycles. The van der Waals surface area contributed by atoms with Gasteiger partial charge in [-0.25, -0.2) is 0 Å². The third-order valence-electron chi connectivity index (χ3n) is 2.08. The van der Waals surface area contributed by atoms with Gasteiger partial charge in [-0.05, 0) is 23.8 Å². The molecular formula is C14H15BrO2. The molecule has 0 amide bonds. The Bertz CT molecular complexity index is 489. The second-order valence-electron chi connectivity index (χ2n) is 3.39. The Morgan fingerprint density at radius 2 is 1.82 bits per heavy atom. The number of fused-ring (bicyclic) bond motifs is 1. The van der Waals surface area contributed by atoms with Crippen molar-refractivity contribution in [3.63, 3.8) is 0 Å². The highest BCUT2D eigenvalue weighted by Crippen LogP contribution is 2.22. The number of benzene rings is 2. The van der Waals surface area contributed by atoms with Gasteiger partial charge in [-0.1, -0.05) is 52.3 Å². The summed E-state index contributed by atoms with van der Waals surface area (Å²) >= 11 is 3.50. The Kier molecular flexibility index (Phi) is 5.70. The van der Waals surface area contributed by atoms with E-state index in [9.17, 15) is 4.79 Å². The quantitative estimate of drug-likeness (QED) is 0.738. The van der Waals surface area contributed by atoms with Gasteiger partial charge in [0, 0.05) is 11.4 Å². The van der Waals surface area contributed by atoms with Crippen LogP contribution in [0.15, 0.2) is 46.9 Å². The van der Waals surface area contributed by atoms with Gasteiger partial charge >= 0.3 is 5.97 Å². The van der Waals surface area contributed by atoms with E-state index in [1.165, 1.54) is 17.7 Å². The fraction of sp³-hybridized carbons (Fsp3) is 0.214. The van der Waals surface area contributed by atoms with Crippen molar-refractivity contribution in [1.82, 2.24) is 0 Å². The maximum Gasteiger partial charge on any atom is 0.302 e. The largest absolute Gasteiger partial charge is 0.466 e. The number of hydrogen-bond acceptors (Lipinski definition) is 2. The molecule has 0 aliphatic heterocycles. The number of hydrogen-bond donors (Lipinski definition) is 0. The van der Waals surface area contributed by atoms with E-state index in [-0.39, 0.29) is 5.97 Å². The number of ether oxygens (including phenoxy) is 1. The molecule has 0 atom stereocenters. The van der Waals surface area contributed by atoms with Crippen LogP contribution in [0.2, 0.25) is 0 Å². The molecule has 0 bridgehead atoms. The summed E-state index contributed by atoms with van der Waals surface area (Å²) in [4.78, 5) is 9.82. The SMILES string of the molecule is Brc1cccc2ccccc12.CCOC(C)=O. The normalized spacial score (nSPS) is 9.35. The molecular weight excluding hydrogens is 280 g/mol. The van der Waals surface area contributed by atoms with E-state index in [0.29, 0.717) is 6.61 Å². The Labute approximate surface area is 110 Å². The number of halogens is 1. The third-order valence-corrected chi connectivity index (χ3v) is 2.78. The van der Waals surface area contributed by atoms with E-state index in [2.05, 4.69) is 51.0 Å². The van der Waals surface area contributed by atoms with E-state index in [0.717, 1.165) is 4.47 Å². The van der Waals surface area contributed by atoms with Gasteiger partial charge in [-0.2, -0.15) is 0 Å². The molecule has 17 heavy (non-hydrogen) atoms. The average Bonchev–Trinajstić information content (AvgIpc) is 2.30. The smallest absolute Gasteiger partial charge is 0.302 e. The summed E-state index contributed by atoms with van der Waals surface area (Å²) in [7, 11) is 0. The summed E-state index contributed by atoms with van der Waals surface area (Å²) < 4.78 is 5.57. The van der Waals surface area contributed by atoms with E-state index in [1.54, 1.807) is 6.92 Å². The number of esters is 1. The van der Waals surface area contributed by atoms with Crippen molar-refractivity contribution >= 4 is 32.7 Å². The fourth-order valence-corrected chi connectivity index (χ4v) is 1.90. The van der Waals surface area contributed by atoms with E-state index in [4.69, 9.17) is 0 Å². The fourth-order valence-electron chi connectivity index (χ4n) is 1.39. The predicted octanol–water partition coefficient (Wildman–Crippen LogP) is 4.17. The van der Waals surface area contributed by atoms with E-state index < -0.39 is 0 Å². The van der Waals surface area contributed by atoms with Gasteiger partial charge in [0.05, 0.1) is 6.61 Å². The van der Waals surface area contributed by atoms with Gasteiger partial charge in [0.15, 0.2) is 0 Å². The van der Waals surface area contributed by atoms with Gasteiger partial charge in [0.1, 0.15) is 0 Å². The zero-order chi connectivity index (χ0) is 12.7. The number of rotatable bonds is 1. The Morgan fingerprint density at radius 3 is 2.35 bits per heavy atom. The van der Waals surface area contributed by atoms with Gasteiger partial charge in [0.2, 0.25) is 0 Å². The van der Waals surface area contributed by atoms with E-state index in [1.807, 2.05) is 12.1 Å². The van der Waals surface area contributed by atoms with Crippen molar-refractivity contribution in [2.45, 2.75) is 13.8 Å². The first-order chi connectivity index (χ1) is 8.15. The lowest BCUT2D eigenvalue weighted by atomic mass is 10.1. The van der Waals surface area contributed by atoms with Crippen LogP contribution < -0.4 is 0 Å². The molecule has 0 fully saturated rings. The molecule has 0 aliphatic rings. The van der Waals surface area contributed by atoms with Crippen LogP contribution in [0.5, 0.6) is 0 Å². The second-order valence-corrected chi connectivity index (χ2v) is 4.24. The summed E-state index contributed by atoms with van der Waals surface area (Å²) in [6, 6.07) is 14.5. The van der Waals surface area contributed by atoms with Crippen molar-refractivity contribution < 1.29 is 9.53 Å². The minimum absolute atomic E-state index is 0.211. The monoisotopic (exact) mass is 294 g/mol. The van der Waals surface area contributed by atoms with E-state index >= 15 is 0 Å². The van der Waals surface area contributed by atoms with Gasteiger partial charge in [-0.15, -0.1) is 0 Å². The molecule has 0 heterocycles. The highest BCUT2D eigenvalue weighted by molar-refractivity contribution is 9.10. The summed E-state index contributed by atoms with van der Waals surface area (Å²) in [5.74, 6) is -0.211. The zero-order valence-corrected chi connectivity index (χ0v) is 11.5. The molecule has 2 aromatic rings. The van der Waals surface area contributed by atoms with Crippen molar-refractivity contribution in [1.29, 1.82) is 0 Å².